The fourth-order valence-corrected chi connectivity index (χ4v) is 2.46. The quantitative estimate of drug-likeness (QED) is 0.242. The highest BCUT2D eigenvalue weighted by atomic mass is 127. The number of benzene rings is 2. The third-order valence-electron chi connectivity index (χ3n) is 3.43. The number of nitro groups is 2. The Morgan fingerprint density at radius 3 is 2.32 bits per heavy atom. The first-order valence-electron chi connectivity index (χ1n) is 7.56. The van der Waals surface area contributed by atoms with Crippen LogP contribution in [0.15, 0.2) is 41.5 Å². The number of anilines is 1. The smallest absolute Gasteiger partial charge is 0.341 e. The summed E-state index contributed by atoms with van der Waals surface area (Å²) < 4.78 is 5.91. The first-order chi connectivity index (χ1) is 13.2. The molecule has 28 heavy (non-hydrogen) atoms. The third kappa shape index (κ3) is 5.35. The minimum Gasteiger partial charge on any atom is -0.479 e. The second-order valence-corrected chi connectivity index (χ2v) is 6.60. The molecule has 0 radical (unpaired) electrons. The number of rotatable bonds is 8. The molecule has 0 aliphatic rings. The van der Waals surface area contributed by atoms with E-state index < -0.39 is 39.5 Å². The van der Waals surface area contributed by atoms with Crippen LogP contribution < -0.4 is 10.2 Å². The molecular weight excluding hydrogens is 487 g/mol. The number of nitro benzene ring substituents is 2. The first-order valence-corrected chi connectivity index (χ1v) is 8.64. The molecular formula is C16H13IN4O7. The maximum absolute atomic E-state index is 11.3. The lowest BCUT2D eigenvalue weighted by atomic mass is 10.1. The van der Waals surface area contributed by atoms with Crippen molar-refractivity contribution >= 4 is 51.3 Å². The minimum atomic E-state index is -1.35. The van der Waals surface area contributed by atoms with E-state index >= 15 is 0 Å². The molecule has 2 aromatic rings. The molecule has 146 valence electrons. The Bertz CT molecular complexity index is 960. The summed E-state index contributed by atoms with van der Waals surface area (Å²) in [5, 5.41) is 35.2. The summed E-state index contributed by atoms with van der Waals surface area (Å²) in [7, 11) is 0. The predicted octanol–water partition coefficient (Wildman–Crippen LogP) is 3.41. The van der Waals surface area contributed by atoms with E-state index in [0.717, 1.165) is 15.2 Å². The lowest BCUT2D eigenvalue weighted by Crippen LogP contribution is -2.11. The Balaban J connectivity index is 2.42. The molecule has 0 bridgehead atoms. The number of hydrazone groups is 1. The number of nitrogens with one attached hydrogen (secondary N) is 1. The van der Waals surface area contributed by atoms with E-state index in [9.17, 15) is 25.0 Å². The van der Waals surface area contributed by atoms with Crippen LogP contribution in [0.25, 0.3) is 0 Å². The van der Waals surface area contributed by atoms with Crippen molar-refractivity contribution in [2.75, 3.05) is 12.0 Å². The fourth-order valence-electron chi connectivity index (χ4n) is 2.10. The molecule has 0 spiro atoms. The number of carboxylic acid groups (broad SMARTS) is 1. The first kappa shape index (κ1) is 21.0. The van der Waals surface area contributed by atoms with Gasteiger partial charge in [-0.2, -0.15) is 5.10 Å². The number of ether oxygens (including phenoxy) is 1. The molecule has 2 aromatic carbocycles. The van der Waals surface area contributed by atoms with Gasteiger partial charge in [0.05, 0.1) is 15.6 Å². The molecule has 11 nitrogen and oxygen atoms in total. The minimum absolute atomic E-state index is 0.180. The van der Waals surface area contributed by atoms with Crippen LogP contribution in [0.1, 0.15) is 12.5 Å². The number of hydrogen-bond acceptors (Lipinski definition) is 8. The second-order valence-electron chi connectivity index (χ2n) is 5.35. The van der Waals surface area contributed by atoms with Crippen LogP contribution in [0.2, 0.25) is 0 Å². The van der Waals surface area contributed by atoms with Crippen molar-refractivity contribution in [1.82, 2.24) is 0 Å². The molecule has 0 unspecified atom stereocenters. The van der Waals surface area contributed by atoms with Gasteiger partial charge in [0.2, 0.25) is 0 Å². The van der Waals surface area contributed by atoms with Gasteiger partial charge in [0.25, 0.3) is 0 Å². The highest BCUT2D eigenvalue weighted by Crippen LogP contribution is 2.37. The van der Waals surface area contributed by atoms with Gasteiger partial charge in [0.1, 0.15) is 11.8 Å². The van der Waals surface area contributed by atoms with E-state index in [-0.39, 0.29) is 5.69 Å². The van der Waals surface area contributed by atoms with Gasteiger partial charge in [-0.25, -0.2) is 4.79 Å². The van der Waals surface area contributed by atoms with Crippen LogP contribution >= 0.6 is 22.6 Å². The van der Waals surface area contributed by atoms with E-state index in [1.54, 1.807) is 6.92 Å². The standard InChI is InChI=1S/C16H13IN4O7/c1-9(10-2-4-11(17)5-3-10)18-19-12-6-15(28-8-16(22)23)14(21(26)27)7-13(12)20(24)25/h2-7,19H,8H2,1H3,(H,22,23). The topological polar surface area (TPSA) is 157 Å². The summed E-state index contributed by atoms with van der Waals surface area (Å²) >= 11 is 2.15. The average molecular weight is 500 g/mol. The van der Waals surface area contributed by atoms with Crippen LogP contribution in [-0.2, 0) is 4.79 Å². The normalized spacial score (nSPS) is 11.0. The zero-order valence-corrected chi connectivity index (χ0v) is 16.4. The Kier molecular flexibility index (Phi) is 6.81. The molecule has 0 saturated heterocycles. The number of carbonyl (C=O) groups is 1. The molecule has 0 heterocycles. The number of halogens is 1. The Labute approximate surface area is 171 Å². The van der Waals surface area contributed by atoms with Crippen molar-refractivity contribution in [2.24, 2.45) is 5.10 Å². The summed E-state index contributed by atoms with van der Waals surface area (Å²) in [6.07, 6.45) is 0. The number of nitrogens with zero attached hydrogens (tertiary/aromatic N) is 3. The molecule has 0 saturated carbocycles. The Hall–Kier alpha value is -3.29. The summed E-state index contributed by atoms with van der Waals surface area (Å²) in [6.45, 7) is 0.831. The van der Waals surface area contributed by atoms with Gasteiger partial charge in [0, 0.05) is 9.64 Å². The van der Waals surface area contributed by atoms with E-state index in [1.807, 2.05) is 24.3 Å². The summed E-state index contributed by atoms with van der Waals surface area (Å²) in [4.78, 5) is 31.4. The number of carboxylic acids is 1. The maximum Gasteiger partial charge on any atom is 0.341 e. The summed E-state index contributed by atoms with van der Waals surface area (Å²) in [5.74, 6) is -1.78. The molecule has 12 heteroatoms. The Morgan fingerprint density at radius 2 is 1.79 bits per heavy atom. The van der Waals surface area contributed by atoms with Gasteiger partial charge in [-0.15, -0.1) is 0 Å². The van der Waals surface area contributed by atoms with E-state index in [4.69, 9.17) is 9.84 Å². The largest absolute Gasteiger partial charge is 0.479 e. The van der Waals surface area contributed by atoms with Crippen LogP contribution in [0.3, 0.4) is 0 Å². The molecule has 2 N–H and O–H groups in total. The van der Waals surface area contributed by atoms with Gasteiger partial charge in [-0.3, -0.25) is 25.7 Å². The second kappa shape index (κ2) is 9.07. The van der Waals surface area contributed by atoms with E-state index in [1.165, 1.54) is 0 Å². The zero-order chi connectivity index (χ0) is 20.8. The van der Waals surface area contributed by atoms with Gasteiger partial charge in [-0.1, -0.05) is 12.1 Å². The van der Waals surface area contributed by atoms with Crippen molar-refractivity contribution in [1.29, 1.82) is 0 Å². The molecule has 0 fully saturated rings. The zero-order valence-electron chi connectivity index (χ0n) is 14.3. The average Bonchev–Trinajstić information content (AvgIpc) is 2.64. The molecule has 0 atom stereocenters. The highest BCUT2D eigenvalue weighted by Gasteiger charge is 2.26. The van der Waals surface area contributed by atoms with Crippen molar-refractivity contribution in [3.8, 4) is 5.75 Å². The van der Waals surface area contributed by atoms with Gasteiger partial charge < -0.3 is 9.84 Å². The molecule has 0 aliphatic carbocycles. The van der Waals surface area contributed by atoms with Gasteiger partial charge >= 0.3 is 17.3 Å². The van der Waals surface area contributed by atoms with Crippen molar-refractivity contribution < 1.29 is 24.5 Å². The van der Waals surface area contributed by atoms with Gasteiger partial charge in [-0.05, 0) is 47.2 Å². The maximum atomic E-state index is 11.3. The molecule has 0 aromatic heterocycles. The monoisotopic (exact) mass is 500 g/mol. The van der Waals surface area contributed by atoms with Crippen molar-refractivity contribution in [3.63, 3.8) is 0 Å². The van der Waals surface area contributed by atoms with Crippen LogP contribution in [0.4, 0.5) is 17.1 Å². The molecule has 0 amide bonds. The number of hydrogen-bond donors (Lipinski definition) is 2. The van der Waals surface area contributed by atoms with Crippen molar-refractivity contribution in [3.05, 3.63) is 65.8 Å². The van der Waals surface area contributed by atoms with Crippen LogP contribution in [0.5, 0.6) is 5.75 Å². The predicted molar refractivity (Wildman–Crippen MR) is 108 cm³/mol. The summed E-state index contributed by atoms with van der Waals surface area (Å²) in [6, 6.07) is 9.02. The lowest BCUT2D eigenvalue weighted by molar-refractivity contribution is -0.394. The fraction of sp³-hybridized carbons (Fsp3) is 0.125. The van der Waals surface area contributed by atoms with Crippen LogP contribution in [-0.4, -0.2) is 33.2 Å². The van der Waals surface area contributed by atoms with E-state index in [2.05, 4.69) is 33.1 Å². The SMILES string of the molecule is CC(=NNc1cc(OCC(=O)O)c([N+](=O)[O-])cc1[N+](=O)[O-])c1ccc(I)cc1. The van der Waals surface area contributed by atoms with Crippen LogP contribution in [0, 0.1) is 23.8 Å². The van der Waals surface area contributed by atoms with Gasteiger partial charge in [0.15, 0.2) is 12.4 Å². The van der Waals surface area contributed by atoms with E-state index in [0.29, 0.717) is 11.8 Å². The molecule has 0 aliphatic heterocycles. The number of aliphatic carboxylic acids is 1. The molecule has 2 rings (SSSR count). The summed E-state index contributed by atoms with van der Waals surface area (Å²) in [5.41, 5.74) is 2.26. The third-order valence-corrected chi connectivity index (χ3v) is 4.15. The lowest BCUT2D eigenvalue weighted by Gasteiger charge is -2.09. The Morgan fingerprint density at radius 1 is 1.18 bits per heavy atom. The highest BCUT2D eigenvalue weighted by molar-refractivity contribution is 14.1. The van der Waals surface area contributed by atoms with Crippen molar-refractivity contribution in [2.45, 2.75) is 6.92 Å².